The summed E-state index contributed by atoms with van der Waals surface area (Å²) in [5, 5.41) is 0. The van der Waals surface area contributed by atoms with Crippen LogP contribution in [-0.4, -0.2) is 47.3 Å². The molecule has 4 heteroatoms. The second-order valence-electron chi connectivity index (χ2n) is 10.2. The molecule has 2 fully saturated rings. The third-order valence-corrected chi connectivity index (χ3v) is 6.10. The molecule has 2 rings (SSSR count). The molecule has 2 heterocycles. The van der Waals surface area contributed by atoms with Crippen molar-refractivity contribution in [3.63, 3.8) is 0 Å². The smallest absolute Gasteiger partial charge is 0.225 e. The van der Waals surface area contributed by atoms with Gasteiger partial charge in [-0.05, 0) is 49.9 Å². The average molecular weight is 395 g/mol. The second kappa shape index (κ2) is 11.8. The Hall–Kier alpha value is -1.06. The summed E-state index contributed by atoms with van der Waals surface area (Å²) in [5.74, 6) is 3.09. The first-order valence-corrected chi connectivity index (χ1v) is 11.6. The van der Waals surface area contributed by atoms with Gasteiger partial charge in [-0.3, -0.25) is 9.59 Å². The van der Waals surface area contributed by atoms with Crippen molar-refractivity contribution in [2.24, 2.45) is 29.6 Å². The lowest BCUT2D eigenvalue weighted by Crippen LogP contribution is -2.43. The molecular weight excluding hydrogens is 348 g/mol. The van der Waals surface area contributed by atoms with Gasteiger partial charge in [0.2, 0.25) is 11.8 Å². The van der Waals surface area contributed by atoms with Gasteiger partial charge in [0, 0.05) is 37.5 Å². The molecule has 2 atom stereocenters. The highest BCUT2D eigenvalue weighted by Gasteiger charge is 2.30. The van der Waals surface area contributed by atoms with E-state index in [2.05, 4.69) is 37.5 Å². The van der Waals surface area contributed by atoms with Gasteiger partial charge in [0.15, 0.2) is 0 Å². The molecule has 0 spiro atoms. The van der Waals surface area contributed by atoms with Gasteiger partial charge in [0.05, 0.1) is 0 Å². The second-order valence-corrected chi connectivity index (χ2v) is 10.2. The van der Waals surface area contributed by atoms with Crippen molar-refractivity contribution >= 4 is 11.8 Å². The summed E-state index contributed by atoms with van der Waals surface area (Å²) in [4.78, 5) is 27.8. The Balaban J connectivity index is 0.000000280. The van der Waals surface area contributed by atoms with Gasteiger partial charge in [-0.15, -0.1) is 0 Å². The Labute approximate surface area is 174 Å². The zero-order valence-electron chi connectivity index (χ0n) is 19.8. The Morgan fingerprint density at radius 2 is 1.39 bits per heavy atom. The highest BCUT2D eigenvalue weighted by molar-refractivity contribution is 5.78. The number of piperidine rings is 1. The van der Waals surface area contributed by atoms with E-state index in [0.717, 1.165) is 19.6 Å². The van der Waals surface area contributed by atoms with Gasteiger partial charge in [0.1, 0.15) is 0 Å². The molecule has 28 heavy (non-hydrogen) atoms. The molecule has 2 aliphatic heterocycles. The molecule has 2 unspecified atom stereocenters. The summed E-state index contributed by atoms with van der Waals surface area (Å²) in [7, 11) is 0. The molecule has 0 aromatic heterocycles. The van der Waals surface area contributed by atoms with Crippen LogP contribution in [0.3, 0.4) is 0 Å². The number of rotatable bonds is 5. The fourth-order valence-electron chi connectivity index (χ4n) is 4.37. The lowest BCUT2D eigenvalue weighted by atomic mass is 9.87. The molecule has 4 nitrogen and oxygen atoms in total. The predicted molar refractivity (Wildman–Crippen MR) is 118 cm³/mol. The summed E-state index contributed by atoms with van der Waals surface area (Å²) in [6, 6.07) is 0.518. The summed E-state index contributed by atoms with van der Waals surface area (Å²) < 4.78 is 0. The molecule has 164 valence electrons. The Kier molecular flexibility index (Phi) is 10.5. The third-order valence-electron chi connectivity index (χ3n) is 6.10. The Morgan fingerprint density at radius 3 is 1.89 bits per heavy atom. The number of likely N-dealkylation sites (tertiary alicyclic amines) is 2. The van der Waals surface area contributed by atoms with Crippen LogP contribution in [0.15, 0.2) is 0 Å². The maximum absolute atomic E-state index is 11.9. The fraction of sp³-hybridized carbons (Fsp3) is 0.917. The van der Waals surface area contributed by atoms with Crippen LogP contribution in [0.2, 0.25) is 0 Å². The van der Waals surface area contributed by atoms with Crippen molar-refractivity contribution in [3.8, 4) is 0 Å². The molecule has 0 saturated carbocycles. The van der Waals surface area contributed by atoms with Crippen molar-refractivity contribution in [1.82, 2.24) is 9.80 Å². The molecule has 0 aromatic rings. The van der Waals surface area contributed by atoms with Crippen LogP contribution in [-0.2, 0) is 9.59 Å². The number of carbonyl (C=O) groups is 2. The lowest BCUT2D eigenvalue weighted by Gasteiger charge is -2.35. The van der Waals surface area contributed by atoms with E-state index >= 15 is 0 Å². The standard InChI is InChI=1S/2C12H23NO/c1-9(2)11-6-5-7-13(8-11)12(14)10(3)4;1-9(2)8-11-6-5-7-13(11)12(14)10(3)4/h2*9-11H,5-8H2,1-4H3. The number of nitrogens with zero attached hydrogens (tertiary/aromatic N) is 2. The minimum Gasteiger partial charge on any atom is -0.342 e. The molecule has 2 amide bonds. The van der Waals surface area contributed by atoms with Crippen LogP contribution in [0, 0.1) is 29.6 Å². The number of hydrogen-bond donors (Lipinski definition) is 0. The van der Waals surface area contributed by atoms with Gasteiger partial charge in [-0.1, -0.05) is 55.4 Å². The van der Waals surface area contributed by atoms with E-state index in [1.807, 2.05) is 27.7 Å². The van der Waals surface area contributed by atoms with Crippen LogP contribution in [0.4, 0.5) is 0 Å². The SMILES string of the molecule is CC(C)C(=O)N1CCCC(C(C)C)C1.CC(C)CC1CCCN1C(=O)C(C)C. The maximum atomic E-state index is 11.9. The minimum atomic E-state index is 0.154. The van der Waals surface area contributed by atoms with Gasteiger partial charge >= 0.3 is 0 Å². The summed E-state index contributed by atoms with van der Waals surface area (Å²) in [5.41, 5.74) is 0. The van der Waals surface area contributed by atoms with E-state index in [4.69, 9.17) is 0 Å². The number of amides is 2. The quantitative estimate of drug-likeness (QED) is 0.642. The van der Waals surface area contributed by atoms with Crippen LogP contribution < -0.4 is 0 Å². The summed E-state index contributed by atoms with van der Waals surface area (Å²) >= 11 is 0. The number of carbonyl (C=O) groups excluding carboxylic acids is 2. The highest BCUT2D eigenvalue weighted by Crippen LogP contribution is 2.25. The number of hydrogen-bond acceptors (Lipinski definition) is 2. The molecule has 0 bridgehead atoms. The van der Waals surface area contributed by atoms with Gasteiger partial charge < -0.3 is 9.80 Å². The molecule has 0 aromatic carbocycles. The van der Waals surface area contributed by atoms with Crippen molar-refractivity contribution in [2.45, 2.75) is 93.5 Å². The molecule has 2 saturated heterocycles. The first kappa shape index (κ1) is 25.0. The van der Waals surface area contributed by atoms with Crippen LogP contribution in [0.5, 0.6) is 0 Å². The van der Waals surface area contributed by atoms with Crippen LogP contribution in [0.25, 0.3) is 0 Å². The lowest BCUT2D eigenvalue weighted by molar-refractivity contribution is -0.137. The van der Waals surface area contributed by atoms with E-state index in [1.54, 1.807) is 0 Å². The third kappa shape index (κ3) is 7.75. The monoisotopic (exact) mass is 394 g/mol. The first-order chi connectivity index (χ1) is 13.0. The summed E-state index contributed by atoms with van der Waals surface area (Å²) in [6.45, 7) is 19.9. The first-order valence-electron chi connectivity index (χ1n) is 11.6. The molecule has 0 radical (unpaired) electrons. The van der Waals surface area contributed by atoms with Crippen molar-refractivity contribution in [1.29, 1.82) is 0 Å². The minimum absolute atomic E-state index is 0.154. The molecular formula is C24H46N2O2. The van der Waals surface area contributed by atoms with E-state index < -0.39 is 0 Å². The van der Waals surface area contributed by atoms with Crippen molar-refractivity contribution in [2.75, 3.05) is 19.6 Å². The van der Waals surface area contributed by atoms with Crippen LogP contribution in [0.1, 0.15) is 87.5 Å². The Morgan fingerprint density at radius 1 is 0.821 bits per heavy atom. The largest absolute Gasteiger partial charge is 0.342 e. The zero-order chi connectivity index (χ0) is 21.4. The maximum Gasteiger partial charge on any atom is 0.225 e. The van der Waals surface area contributed by atoms with Gasteiger partial charge in [0.25, 0.3) is 0 Å². The van der Waals surface area contributed by atoms with E-state index in [-0.39, 0.29) is 11.8 Å². The average Bonchev–Trinajstić information content (AvgIpc) is 3.08. The fourth-order valence-corrected chi connectivity index (χ4v) is 4.37. The summed E-state index contributed by atoms with van der Waals surface area (Å²) in [6.07, 6.45) is 6.03. The van der Waals surface area contributed by atoms with E-state index in [0.29, 0.717) is 35.6 Å². The van der Waals surface area contributed by atoms with Crippen molar-refractivity contribution < 1.29 is 9.59 Å². The molecule has 2 aliphatic rings. The molecule has 0 N–H and O–H groups in total. The Bertz CT molecular complexity index is 485. The predicted octanol–water partition coefficient (Wildman–Crippen LogP) is 5.22. The van der Waals surface area contributed by atoms with Crippen LogP contribution >= 0.6 is 0 Å². The van der Waals surface area contributed by atoms with Crippen molar-refractivity contribution in [3.05, 3.63) is 0 Å². The van der Waals surface area contributed by atoms with E-state index in [9.17, 15) is 9.59 Å². The van der Waals surface area contributed by atoms with Gasteiger partial charge in [-0.2, -0.15) is 0 Å². The zero-order valence-corrected chi connectivity index (χ0v) is 19.8. The normalized spacial score (nSPS) is 22.9. The van der Waals surface area contributed by atoms with E-state index in [1.165, 1.54) is 32.1 Å². The highest BCUT2D eigenvalue weighted by atomic mass is 16.2. The molecule has 0 aliphatic carbocycles. The topological polar surface area (TPSA) is 40.6 Å². The van der Waals surface area contributed by atoms with Gasteiger partial charge in [-0.25, -0.2) is 0 Å².